The van der Waals surface area contributed by atoms with Crippen molar-refractivity contribution in [2.75, 3.05) is 14.2 Å². The Morgan fingerprint density at radius 3 is 3.07 bits per heavy atom. The molecule has 1 unspecified atom stereocenters. The molecule has 1 aliphatic rings. The van der Waals surface area contributed by atoms with Gasteiger partial charge in [0.05, 0.1) is 13.2 Å². The topological polar surface area (TPSA) is 96.6 Å². The fourth-order valence-corrected chi connectivity index (χ4v) is 3.10. The quantitative estimate of drug-likeness (QED) is 0.508. The molecule has 0 spiro atoms. The summed E-state index contributed by atoms with van der Waals surface area (Å²) in [6.45, 7) is 1.28. The fraction of sp³-hybridized carbons (Fsp3) is 0.500. The minimum atomic E-state index is -0.401. The predicted octanol–water partition coefficient (Wildman–Crippen LogP) is 0.736. The second-order valence-corrected chi connectivity index (χ2v) is 6.45. The molecule has 1 aromatic heterocycles. The molecule has 1 aromatic carbocycles. The van der Waals surface area contributed by atoms with E-state index < -0.39 is 5.82 Å². The van der Waals surface area contributed by atoms with Crippen LogP contribution in [-0.2, 0) is 37.5 Å². The number of benzene rings is 1. The maximum atomic E-state index is 13.5. The fourth-order valence-electron chi connectivity index (χ4n) is 3.10. The summed E-state index contributed by atoms with van der Waals surface area (Å²) in [6, 6.07) is 4.88. The van der Waals surface area contributed by atoms with Crippen LogP contribution in [-0.4, -0.2) is 46.0 Å². The lowest BCUT2D eigenvalue weighted by atomic mass is 10.1. The standard InChI is InChI=1S/C18H25FN6O2/c1-20-18(21-8-12-3-5-15(19)13(7-12)10-26)22-14-4-6-17-23-16(11-27-2)24-25(17)9-14/h3,5,7,14,26H,4,6,8-11H2,1-2H3,(H2,20,21,22). The molecule has 0 aliphatic carbocycles. The van der Waals surface area contributed by atoms with Crippen molar-refractivity contribution in [1.82, 2.24) is 25.4 Å². The Hall–Kier alpha value is -2.52. The molecular formula is C18H25FN6O2. The van der Waals surface area contributed by atoms with Crippen molar-refractivity contribution in [3.8, 4) is 0 Å². The third-order valence-electron chi connectivity index (χ3n) is 4.48. The second kappa shape index (κ2) is 8.92. The molecule has 9 heteroatoms. The van der Waals surface area contributed by atoms with E-state index in [9.17, 15) is 9.50 Å². The SMILES string of the molecule is CN=C(NCc1ccc(F)c(CO)c1)NC1CCc2nc(COC)nn2C1. The molecule has 2 aromatic rings. The minimum absolute atomic E-state index is 0.182. The largest absolute Gasteiger partial charge is 0.392 e. The lowest BCUT2D eigenvalue weighted by molar-refractivity contribution is 0.177. The van der Waals surface area contributed by atoms with Gasteiger partial charge in [-0.25, -0.2) is 14.1 Å². The zero-order valence-electron chi connectivity index (χ0n) is 15.6. The Balaban J connectivity index is 1.56. The van der Waals surface area contributed by atoms with Crippen molar-refractivity contribution in [2.45, 2.75) is 45.2 Å². The van der Waals surface area contributed by atoms with Gasteiger partial charge in [0, 0.05) is 38.7 Å². The van der Waals surface area contributed by atoms with E-state index in [4.69, 9.17) is 4.74 Å². The van der Waals surface area contributed by atoms with Gasteiger partial charge in [0.15, 0.2) is 11.8 Å². The van der Waals surface area contributed by atoms with Gasteiger partial charge in [-0.15, -0.1) is 0 Å². The number of ether oxygens (including phenoxy) is 1. The summed E-state index contributed by atoms with van der Waals surface area (Å²) in [5.41, 5.74) is 1.16. The summed E-state index contributed by atoms with van der Waals surface area (Å²) in [7, 11) is 3.34. The summed E-state index contributed by atoms with van der Waals surface area (Å²) in [5.74, 6) is 1.94. The Labute approximate surface area is 157 Å². The minimum Gasteiger partial charge on any atom is -0.392 e. The Morgan fingerprint density at radius 2 is 2.33 bits per heavy atom. The summed E-state index contributed by atoms with van der Waals surface area (Å²) in [5, 5.41) is 20.3. The van der Waals surface area contributed by atoms with Crippen LogP contribution >= 0.6 is 0 Å². The maximum absolute atomic E-state index is 13.5. The maximum Gasteiger partial charge on any atom is 0.191 e. The molecule has 0 fully saturated rings. The van der Waals surface area contributed by atoms with Crippen LogP contribution in [0.15, 0.2) is 23.2 Å². The number of methoxy groups -OCH3 is 1. The number of hydrogen-bond donors (Lipinski definition) is 3. The molecule has 0 saturated carbocycles. The molecule has 1 aliphatic heterocycles. The van der Waals surface area contributed by atoms with Gasteiger partial charge >= 0.3 is 0 Å². The summed E-state index contributed by atoms with van der Waals surface area (Å²) < 4.78 is 20.5. The highest BCUT2D eigenvalue weighted by atomic mass is 19.1. The number of nitrogens with zero attached hydrogens (tertiary/aromatic N) is 4. The highest BCUT2D eigenvalue weighted by Gasteiger charge is 2.22. The first-order valence-corrected chi connectivity index (χ1v) is 8.89. The molecule has 0 saturated heterocycles. The molecule has 1 atom stereocenters. The van der Waals surface area contributed by atoms with Crippen LogP contribution in [0.4, 0.5) is 4.39 Å². The van der Waals surface area contributed by atoms with Crippen molar-refractivity contribution in [3.05, 3.63) is 46.8 Å². The van der Waals surface area contributed by atoms with E-state index in [1.165, 1.54) is 6.07 Å². The van der Waals surface area contributed by atoms with E-state index >= 15 is 0 Å². The van der Waals surface area contributed by atoms with Crippen molar-refractivity contribution >= 4 is 5.96 Å². The third kappa shape index (κ3) is 4.81. The molecule has 0 radical (unpaired) electrons. The second-order valence-electron chi connectivity index (χ2n) is 6.45. The molecule has 27 heavy (non-hydrogen) atoms. The molecule has 3 N–H and O–H groups in total. The molecule has 0 amide bonds. The lowest BCUT2D eigenvalue weighted by Gasteiger charge is -2.25. The van der Waals surface area contributed by atoms with Crippen molar-refractivity contribution in [3.63, 3.8) is 0 Å². The number of aromatic nitrogens is 3. The van der Waals surface area contributed by atoms with Crippen LogP contribution in [0.5, 0.6) is 0 Å². The number of aliphatic hydroxyl groups excluding tert-OH is 1. The first-order valence-electron chi connectivity index (χ1n) is 8.89. The van der Waals surface area contributed by atoms with E-state index in [2.05, 4.69) is 25.7 Å². The van der Waals surface area contributed by atoms with Gasteiger partial charge in [-0.3, -0.25) is 4.99 Å². The smallest absolute Gasteiger partial charge is 0.191 e. The van der Waals surface area contributed by atoms with Crippen molar-refractivity contribution < 1.29 is 14.2 Å². The predicted molar refractivity (Wildman–Crippen MR) is 98.5 cm³/mol. The Kier molecular flexibility index (Phi) is 6.36. The number of rotatable bonds is 6. The molecule has 3 rings (SSSR count). The summed E-state index contributed by atoms with van der Waals surface area (Å²) >= 11 is 0. The zero-order valence-corrected chi connectivity index (χ0v) is 15.6. The van der Waals surface area contributed by atoms with Gasteiger partial charge in [-0.2, -0.15) is 5.10 Å². The van der Waals surface area contributed by atoms with Crippen LogP contribution in [0, 0.1) is 5.82 Å². The van der Waals surface area contributed by atoms with Crippen LogP contribution < -0.4 is 10.6 Å². The Bertz CT molecular complexity index is 807. The highest BCUT2D eigenvalue weighted by molar-refractivity contribution is 5.79. The number of nitrogens with one attached hydrogen (secondary N) is 2. The third-order valence-corrected chi connectivity index (χ3v) is 4.48. The van der Waals surface area contributed by atoms with Gasteiger partial charge < -0.3 is 20.5 Å². The monoisotopic (exact) mass is 376 g/mol. The molecule has 146 valence electrons. The van der Waals surface area contributed by atoms with Crippen LogP contribution in [0.1, 0.15) is 29.2 Å². The van der Waals surface area contributed by atoms with Gasteiger partial charge in [0.25, 0.3) is 0 Å². The highest BCUT2D eigenvalue weighted by Crippen LogP contribution is 2.14. The number of aliphatic hydroxyl groups is 1. The van der Waals surface area contributed by atoms with E-state index in [0.29, 0.717) is 31.5 Å². The normalized spacial score (nSPS) is 16.9. The van der Waals surface area contributed by atoms with Crippen LogP contribution in [0.25, 0.3) is 0 Å². The van der Waals surface area contributed by atoms with E-state index in [0.717, 1.165) is 24.2 Å². The van der Waals surface area contributed by atoms with Gasteiger partial charge in [-0.1, -0.05) is 6.07 Å². The summed E-state index contributed by atoms with van der Waals surface area (Å²) in [4.78, 5) is 8.73. The number of aliphatic imine (C=N–C) groups is 1. The molecular weight excluding hydrogens is 351 g/mol. The van der Waals surface area contributed by atoms with Crippen molar-refractivity contribution in [2.24, 2.45) is 4.99 Å². The number of guanidine groups is 1. The zero-order chi connectivity index (χ0) is 19.2. The molecule has 0 bridgehead atoms. The van der Waals surface area contributed by atoms with E-state index in [-0.39, 0.29) is 18.2 Å². The molecule has 2 heterocycles. The number of hydrogen-bond acceptors (Lipinski definition) is 5. The average molecular weight is 376 g/mol. The van der Waals surface area contributed by atoms with Crippen LogP contribution in [0.2, 0.25) is 0 Å². The van der Waals surface area contributed by atoms with E-state index in [1.807, 2.05) is 4.68 Å². The number of fused-ring (bicyclic) bond motifs is 1. The Morgan fingerprint density at radius 1 is 1.48 bits per heavy atom. The van der Waals surface area contributed by atoms with Gasteiger partial charge in [0.2, 0.25) is 0 Å². The molecule has 8 nitrogen and oxygen atoms in total. The average Bonchev–Trinajstić information content (AvgIpc) is 3.08. The van der Waals surface area contributed by atoms with Crippen LogP contribution in [0.3, 0.4) is 0 Å². The first-order chi connectivity index (χ1) is 13.1. The van der Waals surface area contributed by atoms with Crippen molar-refractivity contribution in [1.29, 1.82) is 0 Å². The first kappa shape index (κ1) is 19.2. The number of halogens is 1. The van der Waals surface area contributed by atoms with Gasteiger partial charge in [-0.05, 0) is 24.1 Å². The number of aryl methyl sites for hydroxylation is 1. The van der Waals surface area contributed by atoms with Gasteiger partial charge in [0.1, 0.15) is 18.2 Å². The summed E-state index contributed by atoms with van der Waals surface area (Å²) in [6.07, 6.45) is 1.76. The lowest BCUT2D eigenvalue weighted by Crippen LogP contribution is -2.46. The van der Waals surface area contributed by atoms with E-state index in [1.54, 1.807) is 26.3 Å².